The first-order valence-corrected chi connectivity index (χ1v) is 14.1. The molecule has 2 heterocycles. The van der Waals surface area contributed by atoms with Crippen LogP contribution in [0.3, 0.4) is 0 Å². The quantitative estimate of drug-likeness (QED) is 0.556. The fourth-order valence-electron chi connectivity index (χ4n) is 5.51. The topological polar surface area (TPSA) is 95.7 Å². The van der Waals surface area contributed by atoms with E-state index >= 15 is 0 Å². The summed E-state index contributed by atoms with van der Waals surface area (Å²) in [5.74, 6) is 0.763. The van der Waals surface area contributed by atoms with Crippen LogP contribution < -0.4 is 11.1 Å². The van der Waals surface area contributed by atoms with E-state index in [1.165, 1.54) is 0 Å². The van der Waals surface area contributed by atoms with Crippen LogP contribution in [0.2, 0.25) is 0 Å². The molecule has 4 rings (SSSR count). The summed E-state index contributed by atoms with van der Waals surface area (Å²) in [5, 5.41) is 2.91. The van der Waals surface area contributed by atoms with Gasteiger partial charge in [-0.3, -0.25) is 14.4 Å². The fourth-order valence-corrected chi connectivity index (χ4v) is 6.52. The number of carbonyl (C=O) groups is 3. The van der Waals surface area contributed by atoms with Crippen molar-refractivity contribution >= 4 is 29.5 Å². The Hall–Kier alpha value is -2.84. The number of hydrogen-bond acceptors (Lipinski definition) is 5. The van der Waals surface area contributed by atoms with Crippen LogP contribution in [0.4, 0.5) is 0 Å². The van der Waals surface area contributed by atoms with Crippen LogP contribution >= 0.6 is 11.8 Å². The Morgan fingerprint density at radius 3 is 2.43 bits per heavy atom. The van der Waals surface area contributed by atoms with Gasteiger partial charge in [0.2, 0.25) is 17.7 Å². The largest absolute Gasteiger partial charge is 0.345 e. The van der Waals surface area contributed by atoms with Gasteiger partial charge < -0.3 is 20.9 Å². The lowest BCUT2D eigenvalue weighted by Gasteiger charge is -2.43. The van der Waals surface area contributed by atoms with Crippen molar-refractivity contribution in [2.45, 2.75) is 49.9 Å². The third-order valence-corrected chi connectivity index (χ3v) is 8.62. The number of likely N-dealkylation sites (N-methyl/N-ethyl adjacent to an activating group) is 1. The molecule has 0 aliphatic carbocycles. The number of nitrogens with one attached hydrogen (secondary N) is 1. The Kier molecular flexibility index (Phi) is 8.29. The number of piperidine rings is 1. The normalized spacial score (nSPS) is 22.8. The van der Waals surface area contributed by atoms with Crippen molar-refractivity contribution in [2.75, 3.05) is 32.4 Å². The Labute approximate surface area is 224 Å². The molecule has 0 saturated carbocycles. The van der Waals surface area contributed by atoms with Gasteiger partial charge in [-0.25, -0.2) is 0 Å². The first-order valence-electron chi connectivity index (χ1n) is 12.9. The molecule has 8 heteroatoms. The number of carbonyl (C=O) groups excluding carboxylic acids is 3. The average molecular weight is 523 g/mol. The van der Waals surface area contributed by atoms with E-state index in [0.29, 0.717) is 25.4 Å². The molecule has 2 saturated heterocycles. The predicted molar refractivity (Wildman–Crippen MR) is 148 cm³/mol. The molecular formula is C29H38N4O3S. The molecule has 7 nitrogen and oxygen atoms in total. The zero-order chi connectivity index (χ0) is 26.6. The third-order valence-electron chi connectivity index (χ3n) is 7.52. The van der Waals surface area contributed by atoms with Crippen molar-refractivity contribution in [1.29, 1.82) is 0 Å². The van der Waals surface area contributed by atoms with Crippen LogP contribution in [0.25, 0.3) is 0 Å². The average Bonchev–Trinajstić information content (AvgIpc) is 3.13. The minimum atomic E-state index is -1.10. The minimum Gasteiger partial charge on any atom is -0.345 e. The summed E-state index contributed by atoms with van der Waals surface area (Å²) in [6, 6.07) is 19.5. The maximum absolute atomic E-state index is 13.9. The van der Waals surface area contributed by atoms with Gasteiger partial charge in [0.15, 0.2) is 0 Å². The lowest BCUT2D eigenvalue weighted by molar-refractivity contribution is -0.145. The highest BCUT2D eigenvalue weighted by Gasteiger charge is 2.55. The number of nitrogens with two attached hydrogens (primary N) is 1. The molecule has 0 aromatic heterocycles. The Balaban J connectivity index is 1.54. The maximum atomic E-state index is 13.9. The molecular weight excluding hydrogens is 484 g/mol. The van der Waals surface area contributed by atoms with E-state index in [1.807, 2.05) is 55.6 Å². The van der Waals surface area contributed by atoms with Crippen molar-refractivity contribution in [3.63, 3.8) is 0 Å². The van der Waals surface area contributed by atoms with Gasteiger partial charge in [0.1, 0.15) is 6.04 Å². The van der Waals surface area contributed by atoms with E-state index in [4.69, 9.17) is 5.73 Å². The summed E-state index contributed by atoms with van der Waals surface area (Å²) >= 11 is 1.60. The Bertz CT molecular complexity index is 1110. The molecule has 3 atom stereocenters. The van der Waals surface area contributed by atoms with E-state index in [0.717, 1.165) is 29.7 Å². The highest BCUT2D eigenvalue weighted by Crippen LogP contribution is 2.49. The van der Waals surface area contributed by atoms with Crippen LogP contribution in [0.5, 0.6) is 0 Å². The van der Waals surface area contributed by atoms with Gasteiger partial charge in [-0.2, -0.15) is 11.8 Å². The van der Waals surface area contributed by atoms with Gasteiger partial charge in [0.25, 0.3) is 0 Å². The van der Waals surface area contributed by atoms with Gasteiger partial charge in [0.05, 0.1) is 11.0 Å². The minimum absolute atomic E-state index is 0.0188. The standard InChI is InChI=1S/C29H38N4O3S/c1-28(2,30)26(35)31-24(19-37-18-21-11-6-4-7-12-21)25(34)33-16-10-15-29(20-33)23(17-32(3)27(29)36)22-13-8-5-9-14-22/h4-9,11-14,23-24H,10,15-20,30H2,1-3H3,(H,31,35)/t23?,24?,29-/m1/s1. The van der Waals surface area contributed by atoms with E-state index in [1.54, 1.807) is 35.4 Å². The molecule has 2 unspecified atom stereocenters. The number of benzene rings is 2. The lowest BCUT2D eigenvalue weighted by atomic mass is 9.69. The number of amides is 3. The molecule has 2 aromatic rings. The molecule has 2 aliphatic heterocycles. The fraction of sp³-hybridized carbons (Fsp3) is 0.483. The molecule has 0 radical (unpaired) electrons. The van der Waals surface area contributed by atoms with Crippen LogP contribution in [0.15, 0.2) is 60.7 Å². The summed E-state index contributed by atoms with van der Waals surface area (Å²) in [4.78, 5) is 43.8. The number of thioether (sulfide) groups is 1. The zero-order valence-electron chi connectivity index (χ0n) is 22.0. The second-order valence-corrected chi connectivity index (χ2v) is 11.9. The summed E-state index contributed by atoms with van der Waals surface area (Å²) in [7, 11) is 1.85. The second kappa shape index (κ2) is 11.3. The van der Waals surface area contributed by atoms with E-state index in [2.05, 4.69) is 17.4 Å². The molecule has 37 heavy (non-hydrogen) atoms. The highest BCUT2D eigenvalue weighted by molar-refractivity contribution is 7.98. The Morgan fingerprint density at radius 1 is 1.14 bits per heavy atom. The molecule has 2 aromatic carbocycles. The van der Waals surface area contributed by atoms with Gasteiger partial charge in [-0.15, -0.1) is 0 Å². The Morgan fingerprint density at radius 2 is 1.78 bits per heavy atom. The molecule has 1 spiro atoms. The van der Waals surface area contributed by atoms with Crippen molar-refractivity contribution in [1.82, 2.24) is 15.1 Å². The van der Waals surface area contributed by atoms with Crippen molar-refractivity contribution in [3.8, 4) is 0 Å². The smallest absolute Gasteiger partial charge is 0.246 e. The number of hydrogen-bond donors (Lipinski definition) is 2. The van der Waals surface area contributed by atoms with Crippen LogP contribution in [0.1, 0.15) is 43.7 Å². The monoisotopic (exact) mass is 522 g/mol. The van der Waals surface area contributed by atoms with Crippen molar-refractivity contribution < 1.29 is 14.4 Å². The SMILES string of the molecule is CN1CC(c2ccccc2)[C@]2(CCCN(C(=O)C(CSCc3ccccc3)NC(=O)C(C)(C)N)C2)C1=O. The number of likely N-dealkylation sites (tertiary alicyclic amines) is 2. The van der Waals surface area contributed by atoms with Crippen LogP contribution in [0, 0.1) is 5.41 Å². The summed E-state index contributed by atoms with van der Waals surface area (Å²) in [6.45, 7) is 4.83. The van der Waals surface area contributed by atoms with Crippen molar-refractivity contribution in [3.05, 3.63) is 71.8 Å². The van der Waals surface area contributed by atoms with E-state index in [9.17, 15) is 14.4 Å². The summed E-state index contributed by atoms with van der Waals surface area (Å²) in [6.07, 6.45) is 1.49. The van der Waals surface area contributed by atoms with Gasteiger partial charge in [-0.05, 0) is 37.8 Å². The zero-order valence-corrected chi connectivity index (χ0v) is 22.8. The first kappa shape index (κ1) is 27.2. The van der Waals surface area contributed by atoms with Gasteiger partial charge >= 0.3 is 0 Å². The molecule has 198 valence electrons. The van der Waals surface area contributed by atoms with Crippen molar-refractivity contribution in [2.24, 2.45) is 11.1 Å². The van der Waals surface area contributed by atoms with Gasteiger partial charge in [0, 0.05) is 44.1 Å². The molecule has 3 N–H and O–H groups in total. The summed E-state index contributed by atoms with van der Waals surface area (Å²) in [5.41, 5.74) is 6.58. The van der Waals surface area contributed by atoms with E-state index < -0.39 is 17.0 Å². The second-order valence-electron chi connectivity index (χ2n) is 10.9. The first-order chi connectivity index (χ1) is 17.6. The molecule has 3 amide bonds. The van der Waals surface area contributed by atoms with Gasteiger partial charge in [-0.1, -0.05) is 60.7 Å². The maximum Gasteiger partial charge on any atom is 0.246 e. The molecule has 0 bridgehead atoms. The van der Waals surface area contributed by atoms with E-state index in [-0.39, 0.29) is 23.6 Å². The summed E-state index contributed by atoms with van der Waals surface area (Å²) < 4.78 is 0. The lowest BCUT2D eigenvalue weighted by Crippen LogP contribution is -2.60. The molecule has 2 aliphatic rings. The molecule has 2 fully saturated rings. The number of nitrogens with zero attached hydrogens (tertiary/aromatic N) is 2. The van der Waals surface area contributed by atoms with Crippen LogP contribution in [-0.4, -0.2) is 71.5 Å². The third kappa shape index (κ3) is 6.02. The predicted octanol–water partition coefficient (Wildman–Crippen LogP) is 3.01. The van der Waals surface area contributed by atoms with Crippen LogP contribution in [-0.2, 0) is 20.1 Å². The number of rotatable bonds is 8. The highest BCUT2D eigenvalue weighted by atomic mass is 32.2.